The van der Waals surface area contributed by atoms with Gasteiger partial charge in [0, 0.05) is 64.2 Å². The Morgan fingerprint density at radius 2 is 1.27 bits per heavy atom. The zero-order valence-corrected chi connectivity index (χ0v) is 41.9. The molecule has 0 aliphatic rings. The van der Waals surface area contributed by atoms with Crippen LogP contribution < -0.4 is 10.1 Å². The number of nitrogens with zero attached hydrogens (tertiary/aromatic N) is 3. The smallest absolute Gasteiger partial charge is 0.500 e. The molecule has 0 heterocycles. The number of aliphatic imine (C=N–C) groups is 1. The molecule has 2 aromatic carbocycles. The van der Waals surface area contributed by atoms with Crippen molar-refractivity contribution in [2.75, 3.05) is 46.1 Å². The normalized spacial score (nSPS) is 11.2. The first-order valence-electron chi connectivity index (χ1n) is 21.5. The molecule has 2 aromatic rings. The molecule has 0 saturated heterocycles. The molecule has 0 unspecified atom stereocenters. The Hall–Kier alpha value is -4.43. The maximum atomic E-state index is 12.3. The first-order valence-corrected chi connectivity index (χ1v) is 29.6. The van der Waals surface area contributed by atoms with Gasteiger partial charge < -0.3 is 47.1 Å². The fraction of sp³-hybridized carbons (Fsp3) is 0.634. The molecule has 64 heavy (non-hydrogen) atoms. The quantitative estimate of drug-likeness (QED) is 0.0132. The summed E-state index contributed by atoms with van der Waals surface area (Å²) in [4.78, 5) is 58.4. The standard InChI is InChI=1S/C26H46N2O10Si2.C8H17NO2Si.C7H7NO4/c1-7-34-39(5,6)18-13-17-27-26(30)38-23-15-16-24(28(31)32)22(20-23)21-33-25(29)14-11-12-19-40(35-8-2,36-9-3)37-10-4;1-4-11-12(2,3)7-5-6-9-8-10;9-4-5-3-6(10)1-2-7(5)8(11)12/h15-16,20H,7-14,17-19,21H2,1-6H3,(H,27,30);4-7H2,1-3H3;1-3,9-10H,4H2. The van der Waals surface area contributed by atoms with Gasteiger partial charge in [-0.3, -0.25) is 25.0 Å². The SMILES string of the molecule is CCO[Si](C)(C)CCCN=C=O.CCO[Si](C)(C)CCCNC(=O)Oc1ccc([N+](=O)[O-])c(COC(=O)CCCC[Si](OCC)(OCC)OCC)c1.O=[N+]([O-])c1ccc(O)cc1CO. The van der Waals surface area contributed by atoms with Gasteiger partial charge in [-0.25, -0.2) is 14.6 Å². The summed E-state index contributed by atoms with van der Waals surface area (Å²) in [6, 6.07) is 9.95. The number of nitro groups is 2. The Labute approximate surface area is 379 Å². The van der Waals surface area contributed by atoms with Crippen molar-refractivity contribution in [3.63, 3.8) is 0 Å². The number of aromatic hydroxyl groups is 1. The molecule has 362 valence electrons. The van der Waals surface area contributed by atoms with Gasteiger partial charge in [-0.15, -0.1) is 0 Å². The number of aliphatic hydroxyl groups excluding tert-OH is 1. The summed E-state index contributed by atoms with van der Waals surface area (Å²) in [7, 11) is -5.96. The first-order chi connectivity index (χ1) is 30.3. The van der Waals surface area contributed by atoms with Crippen molar-refractivity contribution in [1.29, 1.82) is 0 Å². The van der Waals surface area contributed by atoms with Gasteiger partial charge in [0.15, 0.2) is 16.6 Å². The van der Waals surface area contributed by atoms with E-state index in [2.05, 4.69) is 36.5 Å². The van der Waals surface area contributed by atoms with Gasteiger partial charge in [0.05, 0.1) is 34.1 Å². The summed E-state index contributed by atoms with van der Waals surface area (Å²) in [6.07, 6.45) is 3.86. The molecule has 0 aliphatic carbocycles. The van der Waals surface area contributed by atoms with E-state index in [9.17, 15) is 34.6 Å². The lowest BCUT2D eigenvalue weighted by molar-refractivity contribution is -0.386. The number of isocyanates is 1. The van der Waals surface area contributed by atoms with Crippen LogP contribution in [0.1, 0.15) is 77.8 Å². The Bertz CT molecular complexity index is 1730. The van der Waals surface area contributed by atoms with E-state index in [1.807, 2.05) is 34.6 Å². The van der Waals surface area contributed by atoms with Crippen molar-refractivity contribution in [1.82, 2.24) is 5.32 Å². The number of carbonyl (C=O) groups is 2. The van der Waals surface area contributed by atoms with Crippen LogP contribution in [0.25, 0.3) is 0 Å². The maximum absolute atomic E-state index is 12.3. The molecule has 2 rings (SSSR count). The third-order valence-electron chi connectivity index (χ3n) is 8.89. The minimum absolute atomic E-state index is 0.0929. The van der Waals surface area contributed by atoms with Crippen LogP contribution in [0.3, 0.4) is 0 Å². The summed E-state index contributed by atoms with van der Waals surface area (Å²) in [5, 5.41) is 42.0. The Morgan fingerprint density at radius 1 is 0.734 bits per heavy atom. The lowest BCUT2D eigenvalue weighted by atomic mass is 10.2. The number of rotatable bonds is 29. The number of phenolic OH excluding ortho intramolecular Hbond substituents is 1. The predicted octanol–water partition coefficient (Wildman–Crippen LogP) is 8.32. The summed E-state index contributed by atoms with van der Waals surface area (Å²) < 4.78 is 39.4. The zero-order valence-electron chi connectivity index (χ0n) is 38.9. The molecule has 0 spiro atoms. The van der Waals surface area contributed by atoms with Crippen molar-refractivity contribution in [2.45, 2.75) is 124 Å². The van der Waals surface area contributed by atoms with Crippen molar-refractivity contribution >= 4 is 55.0 Å². The van der Waals surface area contributed by atoms with Crippen molar-refractivity contribution in [2.24, 2.45) is 4.99 Å². The highest BCUT2D eigenvalue weighted by Gasteiger charge is 2.39. The van der Waals surface area contributed by atoms with E-state index >= 15 is 0 Å². The van der Waals surface area contributed by atoms with Crippen LogP contribution in [0, 0.1) is 20.2 Å². The number of benzene rings is 2. The number of unbranched alkanes of at least 4 members (excludes halogenated alkanes) is 1. The van der Waals surface area contributed by atoms with Crippen LogP contribution in [-0.4, -0.2) is 110 Å². The largest absolute Gasteiger partial charge is 0.508 e. The van der Waals surface area contributed by atoms with E-state index in [0.717, 1.165) is 43.7 Å². The molecule has 0 atom stereocenters. The number of nitrogens with one attached hydrogen (secondary N) is 1. The number of phenols is 1. The van der Waals surface area contributed by atoms with Gasteiger partial charge in [0.1, 0.15) is 18.1 Å². The van der Waals surface area contributed by atoms with Gasteiger partial charge in [0.2, 0.25) is 6.08 Å². The van der Waals surface area contributed by atoms with E-state index in [4.69, 9.17) is 41.8 Å². The van der Waals surface area contributed by atoms with E-state index in [1.54, 1.807) is 0 Å². The fourth-order valence-corrected chi connectivity index (χ4v) is 12.6. The van der Waals surface area contributed by atoms with Crippen LogP contribution in [-0.2, 0) is 49.7 Å². The monoisotopic (exact) mass is 958 g/mol. The molecule has 0 bridgehead atoms. The molecule has 0 fully saturated rings. The van der Waals surface area contributed by atoms with Gasteiger partial charge >= 0.3 is 20.9 Å². The third kappa shape index (κ3) is 26.4. The summed E-state index contributed by atoms with van der Waals surface area (Å²) in [5.74, 6) is -0.472. The topological polar surface area (TPSA) is 267 Å². The fourth-order valence-electron chi connectivity index (χ4n) is 6.04. The van der Waals surface area contributed by atoms with Crippen LogP contribution >= 0.6 is 0 Å². The van der Waals surface area contributed by atoms with Crippen molar-refractivity contribution in [3.8, 4) is 11.5 Å². The minimum atomic E-state index is -2.78. The summed E-state index contributed by atoms with van der Waals surface area (Å²) in [5.41, 5.74) is -0.177. The molecule has 0 saturated carbocycles. The predicted molar refractivity (Wildman–Crippen MR) is 247 cm³/mol. The summed E-state index contributed by atoms with van der Waals surface area (Å²) >= 11 is 0. The second-order valence-corrected chi connectivity index (χ2v) is 26.4. The molecule has 0 aromatic heterocycles. The third-order valence-corrected chi connectivity index (χ3v) is 17.3. The highest BCUT2D eigenvalue weighted by atomic mass is 28.4. The van der Waals surface area contributed by atoms with Crippen molar-refractivity contribution in [3.05, 3.63) is 67.8 Å². The Balaban J connectivity index is 0.00000133. The van der Waals surface area contributed by atoms with Gasteiger partial charge in [0.25, 0.3) is 11.4 Å². The van der Waals surface area contributed by atoms with Crippen LogP contribution in [0.4, 0.5) is 16.2 Å². The van der Waals surface area contributed by atoms with Crippen molar-refractivity contribution < 1.29 is 66.0 Å². The molecule has 3 N–H and O–H groups in total. The van der Waals surface area contributed by atoms with Crippen LogP contribution in [0.2, 0.25) is 44.3 Å². The Morgan fingerprint density at radius 3 is 1.78 bits per heavy atom. The maximum Gasteiger partial charge on any atom is 0.500 e. The van der Waals surface area contributed by atoms with E-state index in [-0.39, 0.29) is 47.0 Å². The number of nitro benzene ring substituents is 2. The number of amides is 1. The number of hydrogen-bond acceptors (Lipinski definition) is 17. The van der Waals surface area contributed by atoms with Gasteiger partial charge in [-0.05, 0) is 123 Å². The van der Waals surface area contributed by atoms with E-state index in [0.29, 0.717) is 58.4 Å². The average Bonchev–Trinajstić information content (AvgIpc) is 3.22. The van der Waals surface area contributed by atoms with E-state index < -0.39 is 54.0 Å². The highest BCUT2D eigenvalue weighted by Crippen LogP contribution is 2.26. The van der Waals surface area contributed by atoms with Gasteiger partial charge in [-0.1, -0.05) is 0 Å². The number of carbonyl (C=O) groups excluding carboxylic acids is 3. The zero-order chi connectivity index (χ0) is 48.6. The highest BCUT2D eigenvalue weighted by molar-refractivity contribution is 6.71. The minimum Gasteiger partial charge on any atom is -0.508 e. The first kappa shape index (κ1) is 59.6. The molecule has 20 nitrogen and oxygen atoms in total. The van der Waals surface area contributed by atoms with Gasteiger partial charge in [-0.2, -0.15) is 0 Å². The Kier molecular flexibility index (Phi) is 30.8. The summed E-state index contributed by atoms with van der Waals surface area (Å²) in [6.45, 7) is 21.4. The molecule has 23 heteroatoms. The number of hydrogen-bond donors (Lipinski definition) is 3. The molecule has 0 aliphatic heterocycles. The molecular formula is C41H70N4O16Si3. The van der Waals surface area contributed by atoms with Crippen LogP contribution in [0.15, 0.2) is 41.4 Å². The molecule has 0 radical (unpaired) electrons. The average molecular weight is 959 g/mol. The molecule has 1 amide bonds. The van der Waals surface area contributed by atoms with Crippen LogP contribution in [0.5, 0.6) is 11.5 Å². The lowest BCUT2D eigenvalue weighted by Gasteiger charge is -2.28. The number of aliphatic hydroxyl groups is 1. The number of esters is 1. The number of ether oxygens (including phenoxy) is 2. The second kappa shape index (κ2) is 33.1. The lowest BCUT2D eigenvalue weighted by Crippen LogP contribution is -2.45. The van der Waals surface area contributed by atoms with E-state index in [1.165, 1.54) is 30.3 Å². The molecular weight excluding hydrogens is 889 g/mol. The second-order valence-electron chi connectivity index (χ2n) is 15.0.